The summed E-state index contributed by atoms with van der Waals surface area (Å²) in [6.07, 6.45) is 0.817. The summed E-state index contributed by atoms with van der Waals surface area (Å²) in [5.74, 6) is -0.486. The second-order valence-corrected chi connectivity index (χ2v) is 5.57. The van der Waals surface area contributed by atoms with Gasteiger partial charge in [0.05, 0.1) is 20.2 Å². The van der Waals surface area contributed by atoms with Gasteiger partial charge in [0.25, 0.3) is 0 Å². The molecule has 0 saturated heterocycles. The van der Waals surface area contributed by atoms with Crippen LogP contribution in [-0.2, 0) is 37.3 Å². The van der Waals surface area contributed by atoms with Crippen LogP contribution >= 0.6 is 0 Å². The molecular weight excluding hydrogens is 288 g/mol. The molecule has 0 N–H and O–H groups in total. The van der Waals surface area contributed by atoms with Crippen LogP contribution in [0.5, 0.6) is 0 Å². The van der Waals surface area contributed by atoms with Gasteiger partial charge < -0.3 is 9.11 Å². The normalized spacial score (nSPS) is 10.9. The molecule has 0 spiro atoms. The SMILES string of the molecule is CCCS(=O)(=O)[O-].CCCS(=O)(=O)[O-].[Fe+2]. The van der Waals surface area contributed by atoms with E-state index in [1.165, 1.54) is 0 Å². The van der Waals surface area contributed by atoms with Gasteiger partial charge in [-0.15, -0.1) is 0 Å². The Kier molecular flexibility index (Phi) is 13.2. The van der Waals surface area contributed by atoms with Crippen molar-refractivity contribution in [2.24, 2.45) is 0 Å². The van der Waals surface area contributed by atoms with Gasteiger partial charge in [0.15, 0.2) is 0 Å². The summed E-state index contributed by atoms with van der Waals surface area (Å²) in [7, 11) is -7.85. The Balaban J connectivity index is -0.000000180. The Bertz CT molecular complexity index is 286. The fraction of sp³-hybridized carbons (Fsp3) is 1.00. The third-order valence-electron chi connectivity index (χ3n) is 0.908. The van der Waals surface area contributed by atoms with E-state index in [1.807, 2.05) is 0 Å². The fourth-order valence-corrected chi connectivity index (χ4v) is 1.50. The fourth-order valence-electron chi connectivity index (χ4n) is 0.500. The van der Waals surface area contributed by atoms with Crippen LogP contribution in [0.1, 0.15) is 26.7 Å². The van der Waals surface area contributed by atoms with Crippen LogP contribution in [0.2, 0.25) is 0 Å². The second-order valence-electron chi connectivity index (χ2n) is 2.52. The summed E-state index contributed by atoms with van der Waals surface area (Å²) in [6, 6.07) is 0. The standard InChI is InChI=1S/2C3H8O3S.Fe/c2*1-2-3-7(4,5)6;/h2*2-3H2,1H3,(H,4,5,6);/q;;+2/p-2. The van der Waals surface area contributed by atoms with Crippen LogP contribution in [0.4, 0.5) is 0 Å². The predicted octanol–water partition coefficient (Wildman–Crippen LogP) is -0.119. The van der Waals surface area contributed by atoms with Crippen molar-refractivity contribution >= 4 is 20.2 Å². The van der Waals surface area contributed by atoms with E-state index in [0.717, 1.165) is 0 Å². The molecule has 0 aliphatic rings. The van der Waals surface area contributed by atoms with E-state index in [1.54, 1.807) is 13.8 Å². The maximum Gasteiger partial charge on any atom is 2.00 e. The topological polar surface area (TPSA) is 114 Å². The smallest absolute Gasteiger partial charge is 0.748 e. The van der Waals surface area contributed by atoms with Gasteiger partial charge in [-0.2, -0.15) is 0 Å². The molecule has 0 heterocycles. The summed E-state index contributed by atoms with van der Waals surface area (Å²) in [6.45, 7) is 3.30. The van der Waals surface area contributed by atoms with Crippen LogP contribution in [0, 0.1) is 0 Å². The first kappa shape index (κ1) is 20.7. The molecular formula is C6H14FeO6S2. The van der Waals surface area contributed by atoms with Crippen molar-refractivity contribution in [2.45, 2.75) is 26.7 Å². The third kappa shape index (κ3) is 31.4. The van der Waals surface area contributed by atoms with Crippen molar-refractivity contribution in [3.05, 3.63) is 0 Å². The van der Waals surface area contributed by atoms with E-state index in [0.29, 0.717) is 12.8 Å². The van der Waals surface area contributed by atoms with Crippen molar-refractivity contribution < 1.29 is 43.0 Å². The molecule has 0 fully saturated rings. The van der Waals surface area contributed by atoms with E-state index in [-0.39, 0.29) is 28.6 Å². The van der Waals surface area contributed by atoms with Gasteiger partial charge in [-0.05, 0) is 12.8 Å². The molecule has 0 bridgehead atoms. The van der Waals surface area contributed by atoms with Crippen molar-refractivity contribution in [3.8, 4) is 0 Å². The monoisotopic (exact) mass is 302 g/mol. The van der Waals surface area contributed by atoms with Crippen LogP contribution < -0.4 is 0 Å². The Morgan fingerprint density at radius 1 is 0.800 bits per heavy atom. The zero-order valence-corrected chi connectivity index (χ0v) is 11.2. The molecule has 15 heavy (non-hydrogen) atoms. The average Bonchev–Trinajstić information content (AvgIpc) is 1.81. The van der Waals surface area contributed by atoms with Gasteiger partial charge in [0, 0.05) is 11.5 Å². The molecule has 0 aromatic rings. The third-order valence-corrected chi connectivity index (χ3v) is 2.72. The zero-order valence-electron chi connectivity index (χ0n) is 8.45. The van der Waals surface area contributed by atoms with Crippen molar-refractivity contribution in [1.29, 1.82) is 0 Å². The van der Waals surface area contributed by atoms with E-state index in [4.69, 9.17) is 0 Å². The van der Waals surface area contributed by atoms with E-state index in [2.05, 4.69) is 0 Å². The summed E-state index contributed by atoms with van der Waals surface area (Å²) in [5.41, 5.74) is 0. The maximum atomic E-state index is 9.68. The molecule has 0 aromatic carbocycles. The number of rotatable bonds is 4. The molecule has 0 aliphatic heterocycles. The van der Waals surface area contributed by atoms with Gasteiger partial charge in [0.2, 0.25) is 0 Å². The van der Waals surface area contributed by atoms with Gasteiger partial charge in [0.1, 0.15) is 0 Å². The first-order valence-corrected chi connectivity index (χ1v) is 7.15. The minimum atomic E-state index is -3.92. The molecule has 0 aromatic heterocycles. The molecule has 9 heteroatoms. The molecule has 0 saturated carbocycles. The Morgan fingerprint density at radius 2 is 1.00 bits per heavy atom. The molecule has 0 amide bonds. The van der Waals surface area contributed by atoms with E-state index in [9.17, 15) is 25.9 Å². The molecule has 0 radical (unpaired) electrons. The van der Waals surface area contributed by atoms with Crippen molar-refractivity contribution in [1.82, 2.24) is 0 Å². The quantitative estimate of drug-likeness (QED) is 0.528. The average molecular weight is 302 g/mol. The van der Waals surface area contributed by atoms with E-state index >= 15 is 0 Å². The second kappa shape index (κ2) is 9.56. The zero-order chi connectivity index (χ0) is 11.8. The first-order valence-electron chi connectivity index (χ1n) is 3.99. The Labute approximate surface area is 101 Å². The minimum Gasteiger partial charge on any atom is -0.748 e. The molecule has 6 nitrogen and oxygen atoms in total. The van der Waals surface area contributed by atoms with Crippen LogP contribution in [0.3, 0.4) is 0 Å². The van der Waals surface area contributed by atoms with Crippen LogP contribution in [-0.4, -0.2) is 37.4 Å². The summed E-state index contributed by atoms with van der Waals surface area (Å²) >= 11 is 0. The van der Waals surface area contributed by atoms with Crippen LogP contribution in [0.25, 0.3) is 0 Å². The van der Waals surface area contributed by atoms with Crippen molar-refractivity contribution in [2.75, 3.05) is 11.5 Å². The van der Waals surface area contributed by atoms with E-state index < -0.39 is 20.2 Å². The van der Waals surface area contributed by atoms with Gasteiger partial charge >= 0.3 is 17.1 Å². The Morgan fingerprint density at radius 3 is 1.00 bits per heavy atom. The molecule has 0 atom stereocenters. The molecule has 0 unspecified atom stereocenters. The van der Waals surface area contributed by atoms with Crippen LogP contribution in [0.15, 0.2) is 0 Å². The summed E-state index contributed by atoms with van der Waals surface area (Å²) < 4.78 is 58.1. The summed E-state index contributed by atoms with van der Waals surface area (Å²) in [5, 5.41) is 0. The summed E-state index contributed by atoms with van der Waals surface area (Å²) in [4.78, 5) is 0. The Hall–Kier alpha value is 0.339. The molecule has 0 aliphatic carbocycles. The number of hydrogen-bond donors (Lipinski definition) is 0. The largest absolute Gasteiger partial charge is 2.00 e. The van der Waals surface area contributed by atoms with Gasteiger partial charge in [-0.25, -0.2) is 16.8 Å². The molecule has 94 valence electrons. The minimum absolute atomic E-state index is 0. The van der Waals surface area contributed by atoms with Gasteiger partial charge in [-0.3, -0.25) is 0 Å². The van der Waals surface area contributed by atoms with Gasteiger partial charge in [-0.1, -0.05) is 13.8 Å². The number of hydrogen-bond acceptors (Lipinski definition) is 6. The predicted molar refractivity (Wildman–Crippen MR) is 49.7 cm³/mol. The maximum absolute atomic E-state index is 9.68. The molecule has 0 rings (SSSR count). The van der Waals surface area contributed by atoms with Crippen molar-refractivity contribution in [3.63, 3.8) is 0 Å². The first-order chi connectivity index (χ1) is 6.12.